The maximum absolute atomic E-state index is 12.3. The van der Waals surface area contributed by atoms with Gasteiger partial charge in [0.15, 0.2) is 6.10 Å². The Labute approximate surface area is 176 Å². The van der Waals surface area contributed by atoms with Gasteiger partial charge in [0.2, 0.25) is 0 Å². The third-order valence-corrected chi connectivity index (χ3v) is 4.30. The summed E-state index contributed by atoms with van der Waals surface area (Å²) >= 11 is 0. The lowest BCUT2D eigenvalue weighted by Crippen LogP contribution is -2.33. The van der Waals surface area contributed by atoms with Crippen molar-refractivity contribution in [3.63, 3.8) is 0 Å². The molecule has 1 N–H and O–H groups in total. The lowest BCUT2D eigenvalue weighted by Gasteiger charge is -2.13. The molecule has 0 aliphatic rings. The zero-order valence-corrected chi connectivity index (χ0v) is 16.8. The first kappa shape index (κ1) is 20.9. The van der Waals surface area contributed by atoms with Gasteiger partial charge in [0.05, 0.1) is 6.21 Å². The summed E-state index contributed by atoms with van der Waals surface area (Å²) in [7, 11) is 0. The zero-order valence-electron chi connectivity index (χ0n) is 16.8. The number of hydrogen-bond donors (Lipinski definition) is 1. The van der Waals surface area contributed by atoms with E-state index < -0.39 is 6.10 Å². The van der Waals surface area contributed by atoms with E-state index in [4.69, 9.17) is 9.47 Å². The van der Waals surface area contributed by atoms with Crippen molar-refractivity contribution >= 4 is 12.1 Å². The van der Waals surface area contributed by atoms with E-state index in [9.17, 15) is 4.79 Å². The Balaban J connectivity index is 1.55. The lowest BCUT2D eigenvalue weighted by molar-refractivity contribution is -0.127. The van der Waals surface area contributed by atoms with Crippen LogP contribution in [0, 0.1) is 0 Å². The molecule has 0 radical (unpaired) electrons. The smallest absolute Gasteiger partial charge is 0.280 e. The molecule has 0 saturated carbocycles. The van der Waals surface area contributed by atoms with E-state index in [-0.39, 0.29) is 5.91 Å². The highest BCUT2D eigenvalue weighted by atomic mass is 16.5. The summed E-state index contributed by atoms with van der Waals surface area (Å²) in [6, 6.07) is 25.1. The third-order valence-electron chi connectivity index (χ3n) is 4.30. The minimum Gasteiger partial charge on any atom is -0.489 e. The van der Waals surface area contributed by atoms with Crippen LogP contribution in [0.15, 0.2) is 96.6 Å². The Morgan fingerprint density at radius 1 is 1.00 bits per heavy atom. The highest BCUT2D eigenvalue weighted by Crippen LogP contribution is 2.22. The number of nitrogens with one attached hydrogen (secondary N) is 1. The molecule has 0 spiro atoms. The molecular weight excluding hydrogens is 376 g/mol. The molecule has 1 unspecified atom stereocenters. The number of hydrogen-bond acceptors (Lipinski definition) is 4. The maximum atomic E-state index is 12.3. The second kappa shape index (κ2) is 10.6. The topological polar surface area (TPSA) is 59.9 Å². The minimum atomic E-state index is -0.697. The van der Waals surface area contributed by atoms with Crippen LogP contribution in [-0.2, 0) is 4.79 Å². The Bertz CT molecular complexity index is 998. The van der Waals surface area contributed by atoms with E-state index >= 15 is 0 Å². The number of carbonyl (C=O) groups is 1. The molecule has 0 fully saturated rings. The molecule has 0 saturated heterocycles. The predicted octanol–water partition coefficient (Wildman–Crippen LogP) is 4.84. The van der Waals surface area contributed by atoms with E-state index in [1.54, 1.807) is 13.0 Å². The lowest BCUT2D eigenvalue weighted by atomic mass is 10.1. The normalized spacial score (nSPS) is 11.6. The van der Waals surface area contributed by atoms with Crippen molar-refractivity contribution in [2.75, 3.05) is 6.61 Å². The molecule has 0 aliphatic heterocycles. The van der Waals surface area contributed by atoms with Crippen molar-refractivity contribution in [2.45, 2.75) is 13.0 Å². The Hall–Kier alpha value is -3.86. The summed E-state index contributed by atoms with van der Waals surface area (Å²) in [4.78, 5) is 12.3. The van der Waals surface area contributed by atoms with Gasteiger partial charge in [0.25, 0.3) is 5.91 Å². The van der Waals surface area contributed by atoms with Crippen molar-refractivity contribution in [2.24, 2.45) is 5.10 Å². The molecule has 0 bridgehead atoms. The molecule has 0 aromatic heterocycles. The highest BCUT2D eigenvalue weighted by Gasteiger charge is 2.14. The number of benzene rings is 3. The quantitative estimate of drug-likeness (QED) is 0.318. The largest absolute Gasteiger partial charge is 0.489 e. The molecule has 1 amide bonds. The summed E-state index contributed by atoms with van der Waals surface area (Å²) in [5.41, 5.74) is 5.47. The summed E-state index contributed by atoms with van der Waals surface area (Å²) < 4.78 is 11.3. The number of rotatable bonds is 9. The molecule has 0 aliphatic carbocycles. The number of ether oxygens (including phenoxy) is 2. The first-order valence-corrected chi connectivity index (χ1v) is 9.65. The average molecular weight is 400 g/mol. The van der Waals surface area contributed by atoms with Crippen molar-refractivity contribution in [1.82, 2.24) is 5.43 Å². The SMILES string of the molecule is C=CCOc1ccccc1/C=N/NC(=O)C(C)Oc1ccc(-c2ccccc2)cc1. The number of carbonyl (C=O) groups excluding carboxylic acids is 1. The highest BCUT2D eigenvalue weighted by molar-refractivity contribution is 5.86. The molecule has 5 heteroatoms. The van der Waals surface area contributed by atoms with Gasteiger partial charge in [0.1, 0.15) is 18.1 Å². The average Bonchev–Trinajstić information content (AvgIpc) is 2.79. The van der Waals surface area contributed by atoms with Crippen LogP contribution < -0.4 is 14.9 Å². The number of para-hydroxylation sites is 1. The van der Waals surface area contributed by atoms with Gasteiger partial charge in [-0.1, -0.05) is 67.3 Å². The Kier molecular flexibility index (Phi) is 7.39. The Morgan fingerprint density at radius 2 is 1.67 bits per heavy atom. The van der Waals surface area contributed by atoms with Crippen LogP contribution in [-0.4, -0.2) is 24.8 Å². The van der Waals surface area contributed by atoms with Gasteiger partial charge in [-0.05, 0) is 42.3 Å². The van der Waals surface area contributed by atoms with Crippen LogP contribution in [0.2, 0.25) is 0 Å². The van der Waals surface area contributed by atoms with Gasteiger partial charge in [-0.3, -0.25) is 4.79 Å². The third kappa shape index (κ3) is 5.82. The number of hydrazone groups is 1. The van der Waals surface area contributed by atoms with Gasteiger partial charge >= 0.3 is 0 Å². The molecule has 30 heavy (non-hydrogen) atoms. The second-order valence-corrected chi connectivity index (χ2v) is 6.52. The number of nitrogens with zero attached hydrogens (tertiary/aromatic N) is 1. The summed E-state index contributed by atoms with van der Waals surface area (Å²) in [6.07, 6.45) is 2.51. The van der Waals surface area contributed by atoms with Gasteiger partial charge in [-0.2, -0.15) is 5.10 Å². The summed E-state index contributed by atoms with van der Waals surface area (Å²) in [6.45, 7) is 5.71. The van der Waals surface area contributed by atoms with E-state index in [1.807, 2.05) is 78.9 Å². The van der Waals surface area contributed by atoms with Gasteiger partial charge < -0.3 is 9.47 Å². The van der Waals surface area contributed by atoms with E-state index in [0.29, 0.717) is 18.1 Å². The van der Waals surface area contributed by atoms with Crippen LogP contribution in [0.5, 0.6) is 11.5 Å². The molecule has 5 nitrogen and oxygen atoms in total. The standard InChI is InChI=1S/C25H24N2O3/c1-3-17-29-24-12-8-7-11-22(24)18-26-27-25(28)19(2)30-23-15-13-21(14-16-23)20-9-5-4-6-10-20/h3-16,18-19H,1,17H2,2H3,(H,27,28)/b26-18+. The maximum Gasteiger partial charge on any atom is 0.280 e. The zero-order chi connectivity index (χ0) is 21.2. The van der Waals surface area contributed by atoms with Crippen molar-refractivity contribution < 1.29 is 14.3 Å². The van der Waals surface area contributed by atoms with Crippen molar-refractivity contribution in [1.29, 1.82) is 0 Å². The van der Waals surface area contributed by atoms with E-state index in [2.05, 4.69) is 17.1 Å². The van der Waals surface area contributed by atoms with Crippen LogP contribution >= 0.6 is 0 Å². The minimum absolute atomic E-state index is 0.345. The molecule has 3 aromatic rings. The van der Waals surface area contributed by atoms with Gasteiger partial charge in [-0.25, -0.2) is 5.43 Å². The fourth-order valence-electron chi connectivity index (χ4n) is 2.74. The van der Waals surface area contributed by atoms with Crippen LogP contribution in [0.25, 0.3) is 11.1 Å². The van der Waals surface area contributed by atoms with Crippen molar-refractivity contribution in [3.8, 4) is 22.6 Å². The number of amides is 1. The molecular formula is C25H24N2O3. The molecule has 152 valence electrons. The van der Waals surface area contributed by atoms with Crippen LogP contribution in [0.3, 0.4) is 0 Å². The fraction of sp³-hybridized carbons (Fsp3) is 0.120. The summed E-state index contributed by atoms with van der Waals surface area (Å²) in [5, 5.41) is 4.02. The predicted molar refractivity (Wildman–Crippen MR) is 120 cm³/mol. The fourth-order valence-corrected chi connectivity index (χ4v) is 2.74. The first-order chi connectivity index (χ1) is 14.7. The Morgan fingerprint density at radius 3 is 2.40 bits per heavy atom. The van der Waals surface area contributed by atoms with Gasteiger partial charge in [0, 0.05) is 5.56 Å². The van der Waals surface area contributed by atoms with Crippen molar-refractivity contribution in [3.05, 3.63) is 97.1 Å². The second-order valence-electron chi connectivity index (χ2n) is 6.52. The summed E-state index contributed by atoms with van der Waals surface area (Å²) in [5.74, 6) is 0.936. The van der Waals surface area contributed by atoms with Crippen LogP contribution in [0.1, 0.15) is 12.5 Å². The molecule has 0 heterocycles. The molecule has 3 rings (SSSR count). The van der Waals surface area contributed by atoms with Crippen LogP contribution in [0.4, 0.5) is 0 Å². The van der Waals surface area contributed by atoms with Gasteiger partial charge in [-0.15, -0.1) is 0 Å². The first-order valence-electron chi connectivity index (χ1n) is 9.65. The van der Waals surface area contributed by atoms with E-state index in [0.717, 1.165) is 16.7 Å². The van der Waals surface area contributed by atoms with E-state index in [1.165, 1.54) is 6.21 Å². The monoisotopic (exact) mass is 400 g/mol. The molecule has 3 aromatic carbocycles. The molecule has 1 atom stereocenters.